The highest BCUT2D eigenvalue weighted by atomic mass is 28.3. The van der Waals surface area contributed by atoms with Gasteiger partial charge >= 0.3 is 0 Å². The summed E-state index contributed by atoms with van der Waals surface area (Å²) < 4.78 is 0. The third-order valence-corrected chi connectivity index (χ3v) is 6.74. The first-order valence-corrected chi connectivity index (χ1v) is 8.27. The lowest BCUT2D eigenvalue weighted by atomic mass is 10.0. The first-order chi connectivity index (χ1) is 8.34. The first-order valence-electron chi connectivity index (χ1n) is 6.36. The number of benzene rings is 2. The molecule has 0 N–H and O–H groups in total. The molecule has 1 saturated heterocycles. The van der Waals surface area contributed by atoms with Gasteiger partial charge in [0.2, 0.25) is 0 Å². The largest absolute Gasteiger partial charge is 0.0864 e. The quantitative estimate of drug-likeness (QED) is 0.698. The van der Waals surface area contributed by atoms with Gasteiger partial charge in [-0.25, -0.2) is 0 Å². The van der Waals surface area contributed by atoms with Crippen LogP contribution in [0.4, 0.5) is 0 Å². The fraction of sp³-hybridized carbons (Fsp3) is 0.250. The van der Waals surface area contributed by atoms with Gasteiger partial charge in [0.25, 0.3) is 0 Å². The van der Waals surface area contributed by atoms with E-state index < -0.39 is 0 Å². The van der Waals surface area contributed by atoms with E-state index >= 15 is 0 Å². The second-order valence-electron chi connectivity index (χ2n) is 4.87. The van der Waals surface area contributed by atoms with Gasteiger partial charge in [0.1, 0.15) is 0 Å². The van der Waals surface area contributed by atoms with E-state index in [1.165, 1.54) is 35.2 Å². The Morgan fingerprint density at radius 3 is 2.24 bits per heavy atom. The predicted octanol–water partition coefficient (Wildman–Crippen LogP) is 3.77. The Morgan fingerprint density at radius 1 is 0.882 bits per heavy atom. The lowest BCUT2D eigenvalue weighted by Gasteiger charge is -2.26. The summed E-state index contributed by atoms with van der Waals surface area (Å²) in [6, 6.07) is 20.9. The normalized spacial score (nSPS) is 15.6. The second kappa shape index (κ2) is 4.50. The summed E-state index contributed by atoms with van der Waals surface area (Å²) in [7, 11) is -0.213. The summed E-state index contributed by atoms with van der Waals surface area (Å²) in [6.07, 6.45) is 1.44. The van der Waals surface area contributed by atoms with E-state index in [0.29, 0.717) is 0 Å². The van der Waals surface area contributed by atoms with Gasteiger partial charge in [0.05, 0.1) is 8.80 Å². The summed E-state index contributed by atoms with van der Waals surface area (Å²) in [5, 5.41) is 1.65. The first kappa shape index (κ1) is 10.8. The molecule has 1 heterocycles. The minimum atomic E-state index is -0.213. The lowest BCUT2D eigenvalue weighted by molar-refractivity contribution is 0.951. The maximum Gasteiger partial charge on any atom is 0.0864 e. The molecule has 1 aliphatic rings. The Labute approximate surface area is 105 Å². The lowest BCUT2D eigenvalue weighted by Crippen LogP contribution is -2.37. The summed E-state index contributed by atoms with van der Waals surface area (Å²) in [6.45, 7) is 2.15. The average molecular weight is 237 g/mol. The molecule has 2 aromatic carbocycles. The minimum absolute atomic E-state index is 0.213. The van der Waals surface area contributed by atoms with Crippen LogP contribution in [0.15, 0.2) is 48.5 Å². The summed E-state index contributed by atoms with van der Waals surface area (Å²) in [5.74, 6) is 0. The molecule has 17 heavy (non-hydrogen) atoms. The number of hydrogen-bond donors (Lipinski definition) is 0. The topological polar surface area (TPSA) is 0 Å². The molecule has 1 aliphatic heterocycles. The highest BCUT2D eigenvalue weighted by Gasteiger charge is 2.24. The molecular formula is C16H17Si. The molecule has 0 spiro atoms. The fourth-order valence-corrected chi connectivity index (χ4v) is 4.59. The summed E-state index contributed by atoms with van der Waals surface area (Å²) in [5.41, 5.74) is 4.19. The zero-order valence-electron chi connectivity index (χ0n) is 10.2. The smallest absolute Gasteiger partial charge is 0.0626 e. The van der Waals surface area contributed by atoms with E-state index in [-0.39, 0.29) is 8.80 Å². The van der Waals surface area contributed by atoms with Crippen LogP contribution >= 0.6 is 0 Å². The van der Waals surface area contributed by atoms with Crippen molar-refractivity contribution in [3.05, 3.63) is 54.1 Å². The summed E-state index contributed by atoms with van der Waals surface area (Å²) >= 11 is 0. The van der Waals surface area contributed by atoms with Crippen LogP contribution in [0, 0.1) is 6.92 Å². The van der Waals surface area contributed by atoms with Gasteiger partial charge in [-0.3, -0.25) is 0 Å². The van der Waals surface area contributed by atoms with Crippen LogP contribution in [0.1, 0.15) is 12.0 Å². The Hall–Kier alpha value is -1.34. The zero-order valence-corrected chi connectivity index (χ0v) is 11.2. The van der Waals surface area contributed by atoms with Crippen LogP contribution in [-0.4, -0.2) is 8.80 Å². The minimum Gasteiger partial charge on any atom is -0.0626 e. The van der Waals surface area contributed by atoms with Crippen molar-refractivity contribution < 1.29 is 0 Å². The van der Waals surface area contributed by atoms with Crippen molar-refractivity contribution in [2.24, 2.45) is 0 Å². The van der Waals surface area contributed by atoms with Gasteiger partial charge in [-0.15, -0.1) is 0 Å². The van der Waals surface area contributed by atoms with Crippen molar-refractivity contribution in [3.63, 3.8) is 0 Å². The SMILES string of the molecule is Cc1ccc(-c2ccccc2[Si]2CCC2)cc1. The van der Waals surface area contributed by atoms with E-state index in [4.69, 9.17) is 0 Å². The molecular weight excluding hydrogens is 220 g/mol. The third kappa shape index (κ3) is 2.07. The maximum atomic E-state index is 2.35. The number of rotatable bonds is 2. The molecule has 0 atom stereocenters. The zero-order chi connectivity index (χ0) is 11.7. The fourth-order valence-electron chi connectivity index (χ4n) is 2.40. The molecule has 0 amide bonds. The molecule has 0 unspecified atom stereocenters. The average Bonchev–Trinajstić information content (AvgIpc) is 2.29. The predicted molar refractivity (Wildman–Crippen MR) is 76.2 cm³/mol. The molecule has 0 aromatic heterocycles. The van der Waals surface area contributed by atoms with Gasteiger partial charge in [-0.05, 0) is 18.1 Å². The third-order valence-electron chi connectivity index (χ3n) is 3.63. The highest BCUT2D eigenvalue weighted by molar-refractivity contribution is 6.76. The Bertz CT molecular complexity index is 509. The number of hydrogen-bond acceptors (Lipinski definition) is 0. The van der Waals surface area contributed by atoms with Gasteiger partial charge in [-0.1, -0.05) is 77.8 Å². The van der Waals surface area contributed by atoms with Crippen LogP contribution in [-0.2, 0) is 0 Å². The molecule has 0 saturated carbocycles. The van der Waals surface area contributed by atoms with Gasteiger partial charge in [-0.2, -0.15) is 0 Å². The van der Waals surface area contributed by atoms with Crippen LogP contribution in [0.5, 0.6) is 0 Å². The monoisotopic (exact) mass is 237 g/mol. The van der Waals surface area contributed by atoms with Crippen molar-refractivity contribution >= 4 is 14.0 Å². The molecule has 0 nitrogen and oxygen atoms in total. The van der Waals surface area contributed by atoms with Gasteiger partial charge in [0.15, 0.2) is 0 Å². The standard InChI is InChI=1S/C16H17Si/c1-13-7-9-14(10-8-13)15-5-2-3-6-16(15)17-11-4-12-17/h2-3,5-10H,4,11-12H2,1H3. The Kier molecular flexibility index (Phi) is 2.85. The molecule has 0 bridgehead atoms. The summed E-state index contributed by atoms with van der Waals surface area (Å²) in [4.78, 5) is 0. The van der Waals surface area contributed by atoms with Crippen molar-refractivity contribution in [1.82, 2.24) is 0 Å². The van der Waals surface area contributed by atoms with Crippen molar-refractivity contribution in [2.75, 3.05) is 0 Å². The molecule has 1 heteroatoms. The molecule has 3 rings (SSSR count). The van der Waals surface area contributed by atoms with E-state index in [2.05, 4.69) is 55.5 Å². The highest BCUT2D eigenvalue weighted by Crippen LogP contribution is 2.25. The van der Waals surface area contributed by atoms with Crippen LogP contribution in [0.3, 0.4) is 0 Å². The van der Waals surface area contributed by atoms with Crippen LogP contribution in [0.2, 0.25) is 12.1 Å². The van der Waals surface area contributed by atoms with Crippen molar-refractivity contribution in [3.8, 4) is 11.1 Å². The van der Waals surface area contributed by atoms with E-state index in [9.17, 15) is 0 Å². The molecule has 1 radical (unpaired) electrons. The van der Waals surface area contributed by atoms with E-state index in [1.807, 2.05) is 0 Å². The Balaban J connectivity index is 2.04. The molecule has 85 valence electrons. The molecule has 2 aromatic rings. The van der Waals surface area contributed by atoms with Crippen molar-refractivity contribution in [1.29, 1.82) is 0 Å². The van der Waals surface area contributed by atoms with Crippen LogP contribution in [0.25, 0.3) is 11.1 Å². The number of aryl methyl sites for hydroxylation is 1. The van der Waals surface area contributed by atoms with Crippen molar-refractivity contribution in [2.45, 2.75) is 25.4 Å². The van der Waals surface area contributed by atoms with Gasteiger partial charge < -0.3 is 0 Å². The maximum absolute atomic E-state index is 2.35. The van der Waals surface area contributed by atoms with E-state index in [0.717, 1.165) is 0 Å². The Morgan fingerprint density at radius 2 is 1.59 bits per heavy atom. The molecule has 1 fully saturated rings. The molecule has 0 aliphatic carbocycles. The van der Waals surface area contributed by atoms with Crippen LogP contribution < -0.4 is 5.19 Å². The second-order valence-corrected chi connectivity index (χ2v) is 7.61. The van der Waals surface area contributed by atoms with Gasteiger partial charge in [0, 0.05) is 0 Å². The van der Waals surface area contributed by atoms with E-state index in [1.54, 1.807) is 5.19 Å².